The Hall–Kier alpha value is -2.26. The summed E-state index contributed by atoms with van der Waals surface area (Å²) in [4.78, 5) is 4.15. The Labute approximate surface area is 181 Å². The number of rotatable bonds is 7. The molecule has 0 amide bonds. The molecule has 1 aromatic heterocycles. The fourth-order valence-electron chi connectivity index (χ4n) is 3.30. The zero-order valence-corrected chi connectivity index (χ0v) is 20.0. The quantitative estimate of drug-likeness (QED) is 0.525. The first kappa shape index (κ1) is 22.4. The SMILES string of the molecule is CN(C)S(=O)(=O)n1cncc1C(O[SiH](c1ccccc1)c1ccccc1)C(C)(C)C. The predicted octanol–water partition coefficient (Wildman–Crippen LogP) is 2.18. The highest BCUT2D eigenvalue weighted by molar-refractivity contribution is 7.87. The van der Waals surface area contributed by atoms with Crippen LogP contribution in [0.3, 0.4) is 0 Å². The third-order valence-electron chi connectivity index (χ3n) is 4.87. The second-order valence-electron chi connectivity index (χ2n) is 8.49. The largest absolute Gasteiger partial charge is 0.402 e. The molecule has 1 atom stereocenters. The van der Waals surface area contributed by atoms with Gasteiger partial charge in [0.2, 0.25) is 9.04 Å². The molecule has 0 aliphatic heterocycles. The molecule has 160 valence electrons. The van der Waals surface area contributed by atoms with Crippen LogP contribution in [0, 0.1) is 5.41 Å². The first-order chi connectivity index (χ1) is 14.1. The average Bonchev–Trinajstić information content (AvgIpc) is 3.19. The van der Waals surface area contributed by atoms with Crippen LogP contribution in [-0.2, 0) is 14.6 Å². The molecular formula is C22H29N3O3SSi. The highest BCUT2D eigenvalue weighted by Crippen LogP contribution is 2.37. The van der Waals surface area contributed by atoms with Gasteiger partial charge in [-0.3, -0.25) is 0 Å². The molecule has 0 saturated heterocycles. The molecular weight excluding hydrogens is 414 g/mol. The van der Waals surface area contributed by atoms with Gasteiger partial charge in [-0.1, -0.05) is 81.4 Å². The maximum absolute atomic E-state index is 12.9. The summed E-state index contributed by atoms with van der Waals surface area (Å²) in [5.74, 6) is 0. The van der Waals surface area contributed by atoms with Gasteiger partial charge in [-0.2, -0.15) is 12.7 Å². The Kier molecular flexibility index (Phi) is 6.61. The van der Waals surface area contributed by atoms with Crippen LogP contribution in [0.5, 0.6) is 0 Å². The van der Waals surface area contributed by atoms with Gasteiger partial charge < -0.3 is 4.43 Å². The summed E-state index contributed by atoms with van der Waals surface area (Å²) in [5, 5.41) is 2.28. The number of imidazole rings is 1. The van der Waals surface area contributed by atoms with Crippen molar-refractivity contribution in [2.45, 2.75) is 26.9 Å². The maximum Gasteiger partial charge on any atom is 0.308 e. The molecule has 6 nitrogen and oxygen atoms in total. The van der Waals surface area contributed by atoms with Crippen molar-refractivity contribution in [3.05, 3.63) is 78.9 Å². The monoisotopic (exact) mass is 443 g/mol. The van der Waals surface area contributed by atoms with Gasteiger partial charge in [-0.15, -0.1) is 0 Å². The summed E-state index contributed by atoms with van der Waals surface area (Å²) < 4.78 is 35.0. The smallest absolute Gasteiger partial charge is 0.308 e. The van der Waals surface area contributed by atoms with E-state index in [1.54, 1.807) is 6.20 Å². The van der Waals surface area contributed by atoms with E-state index < -0.39 is 25.4 Å². The molecule has 3 aromatic rings. The van der Waals surface area contributed by atoms with Gasteiger partial charge in [0, 0.05) is 14.1 Å². The molecule has 0 saturated carbocycles. The number of nitrogens with zero attached hydrogens (tertiary/aromatic N) is 3. The molecule has 2 aromatic carbocycles. The van der Waals surface area contributed by atoms with Crippen LogP contribution < -0.4 is 10.4 Å². The molecule has 0 N–H and O–H groups in total. The van der Waals surface area contributed by atoms with Crippen molar-refractivity contribution in [3.8, 4) is 0 Å². The summed E-state index contributed by atoms with van der Waals surface area (Å²) in [7, 11) is -2.79. The second-order valence-corrected chi connectivity index (χ2v) is 12.9. The Bertz CT molecular complexity index is 1020. The lowest BCUT2D eigenvalue weighted by Gasteiger charge is -2.35. The van der Waals surface area contributed by atoms with E-state index in [4.69, 9.17) is 4.43 Å². The molecule has 0 aliphatic rings. The molecule has 1 heterocycles. The van der Waals surface area contributed by atoms with E-state index in [-0.39, 0.29) is 5.41 Å². The third kappa shape index (κ3) is 4.72. The van der Waals surface area contributed by atoms with Crippen LogP contribution in [-0.4, -0.2) is 44.8 Å². The molecule has 0 radical (unpaired) electrons. The van der Waals surface area contributed by atoms with E-state index in [0.29, 0.717) is 5.69 Å². The van der Waals surface area contributed by atoms with E-state index in [0.717, 1.165) is 10.4 Å². The summed E-state index contributed by atoms with van der Waals surface area (Å²) in [6.07, 6.45) is 2.47. The van der Waals surface area contributed by atoms with Crippen molar-refractivity contribution in [2.24, 2.45) is 5.41 Å². The predicted molar refractivity (Wildman–Crippen MR) is 123 cm³/mol. The molecule has 30 heavy (non-hydrogen) atoms. The Morgan fingerprint density at radius 3 is 1.90 bits per heavy atom. The van der Waals surface area contributed by atoms with Crippen LogP contribution in [0.2, 0.25) is 0 Å². The zero-order valence-electron chi connectivity index (χ0n) is 18.1. The maximum atomic E-state index is 12.9. The van der Waals surface area contributed by atoms with E-state index >= 15 is 0 Å². The standard InChI is InChI=1S/C22H29N3O3SSi/c1-22(2,3)21(20-16-23-17-25(20)29(26,27)24(4)5)28-30(18-12-8-6-9-13-18)19-14-10-7-11-15-19/h6-17,21,30H,1-5H3. The van der Waals surface area contributed by atoms with Gasteiger partial charge in [0.05, 0.1) is 18.0 Å². The molecule has 3 rings (SSSR count). The Morgan fingerprint density at radius 1 is 0.967 bits per heavy atom. The van der Waals surface area contributed by atoms with Gasteiger partial charge in [0.15, 0.2) is 0 Å². The van der Waals surface area contributed by atoms with Gasteiger partial charge in [-0.25, -0.2) is 8.96 Å². The number of aromatic nitrogens is 2. The molecule has 0 bridgehead atoms. The number of benzene rings is 2. The summed E-state index contributed by atoms with van der Waals surface area (Å²) in [6.45, 7) is 6.16. The topological polar surface area (TPSA) is 64.4 Å². The van der Waals surface area contributed by atoms with Gasteiger partial charge >= 0.3 is 10.2 Å². The van der Waals surface area contributed by atoms with Crippen molar-refractivity contribution in [2.75, 3.05) is 14.1 Å². The lowest BCUT2D eigenvalue weighted by Crippen LogP contribution is -2.47. The van der Waals surface area contributed by atoms with Crippen LogP contribution in [0.4, 0.5) is 0 Å². The zero-order chi connectivity index (χ0) is 21.9. The van der Waals surface area contributed by atoms with Crippen LogP contribution in [0.15, 0.2) is 73.2 Å². The van der Waals surface area contributed by atoms with Crippen LogP contribution in [0.25, 0.3) is 0 Å². The van der Waals surface area contributed by atoms with E-state index in [1.165, 1.54) is 28.7 Å². The van der Waals surface area contributed by atoms with Crippen LogP contribution in [0.1, 0.15) is 32.6 Å². The van der Waals surface area contributed by atoms with E-state index in [9.17, 15) is 8.42 Å². The summed E-state index contributed by atoms with van der Waals surface area (Å²) in [5.41, 5.74) is 0.176. The van der Waals surface area contributed by atoms with Crippen molar-refractivity contribution in [3.63, 3.8) is 0 Å². The van der Waals surface area contributed by atoms with Crippen molar-refractivity contribution in [1.29, 1.82) is 0 Å². The highest BCUT2D eigenvalue weighted by atomic mass is 32.2. The van der Waals surface area contributed by atoms with Crippen molar-refractivity contribution in [1.82, 2.24) is 13.3 Å². The van der Waals surface area contributed by atoms with E-state index in [2.05, 4.69) is 50.0 Å². The first-order valence-electron chi connectivity index (χ1n) is 9.83. The summed E-state index contributed by atoms with van der Waals surface area (Å²) in [6, 6.07) is 20.3. The minimum atomic E-state index is -3.71. The van der Waals surface area contributed by atoms with Crippen molar-refractivity contribution < 1.29 is 12.8 Å². The third-order valence-corrected chi connectivity index (χ3v) is 9.13. The van der Waals surface area contributed by atoms with Gasteiger partial charge in [0.1, 0.15) is 6.33 Å². The number of hydrogen-bond donors (Lipinski definition) is 0. The minimum Gasteiger partial charge on any atom is -0.402 e. The first-order valence-corrected chi connectivity index (χ1v) is 12.9. The fourth-order valence-corrected chi connectivity index (χ4v) is 6.90. The lowest BCUT2D eigenvalue weighted by molar-refractivity contribution is 0.0849. The lowest BCUT2D eigenvalue weighted by atomic mass is 9.87. The highest BCUT2D eigenvalue weighted by Gasteiger charge is 2.36. The molecule has 0 fully saturated rings. The Balaban J connectivity index is 2.11. The Morgan fingerprint density at radius 2 is 1.47 bits per heavy atom. The number of hydrogen-bond acceptors (Lipinski definition) is 4. The normalized spacial score (nSPS) is 13.7. The van der Waals surface area contributed by atoms with Crippen LogP contribution >= 0.6 is 0 Å². The van der Waals surface area contributed by atoms with Gasteiger partial charge in [-0.05, 0) is 15.8 Å². The summed E-state index contributed by atoms with van der Waals surface area (Å²) >= 11 is 0. The van der Waals surface area contributed by atoms with Crippen molar-refractivity contribution >= 4 is 29.6 Å². The average molecular weight is 444 g/mol. The molecule has 0 aliphatic carbocycles. The molecule has 1 unspecified atom stereocenters. The second kappa shape index (κ2) is 8.85. The van der Waals surface area contributed by atoms with E-state index in [1.807, 2.05) is 36.4 Å². The molecule has 8 heteroatoms. The van der Waals surface area contributed by atoms with Gasteiger partial charge in [0.25, 0.3) is 0 Å². The fraction of sp³-hybridized carbons (Fsp3) is 0.318. The minimum absolute atomic E-state index is 0.353. The molecule has 0 spiro atoms.